The van der Waals surface area contributed by atoms with Crippen molar-refractivity contribution in [2.75, 3.05) is 5.73 Å². The van der Waals surface area contributed by atoms with Gasteiger partial charge in [0.2, 0.25) is 10.0 Å². The molecule has 0 aliphatic heterocycles. The molecule has 2 rings (SSSR count). The van der Waals surface area contributed by atoms with E-state index in [2.05, 4.69) is 27.6 Å². The number of anilines is 1. The quantitative estimate of drug-likeness (QED) is 0.789. The molecule has 0 radical (unpaired) electrons. The molecule has 108 valence electrons. The lowest BCUT2D eigenvalue weighted by Crippen LogP contribution is -2.23. The summed E-state index contributed by atoms with van der Waals surface area (Å²) in [7, 11) is -3.55. The zero-order valence-corrected chi connectivity index (χ0v) is 14.1. The van der Waals surface area contributed by atoms with Crippen LogP contribution in [0.4, 0.5) is 5.69 Å². The molecule has 2 aromatic rings. The lowest BCUT2D eigenvalue weighted by atomic mass is 10.3. The van der Waals surface area contributed by atoms with Gasteiger partial charge in [-0.25, -0.2) is 13.1 Å². The van der Waals surface area contributed by atoms with Crippen LogP contribution in [-0.4, -0.2) is 8.42 Å². The molecular weight excluding hydrogens is 360 g/mol. The lowest BCUT2D eigenvalue weighted by Gasteiger charge is -2.08. The monoisotopic (exact) mass is 374 g/mol. The first-order chi connectivity index (χ1) is 9.42. The molecule has 3 N–H and O–H groups in total. The van der Waals surface area contributed by atoms with E-state index in [4.69, 9.17) is 5.73 Å². The number of nitrogens with two attached hydrogens (primary N) is 1. The maximum atomic E-state index is 12.2. The largest absolute Gasteiger partial charge is 0.399 e. The first-order valence-electron chi connectivity index (χ1n) is 6.04. The molecule has 0 unspecified atom stereocenters. The maximum absolute atomic E-state index is 12.2. The van der Waals surface area contributed by atoms with Crippen LogP contribution in [0.1, 0.15) is 16.7 Å². The van der Waals surface area contributed by atoms with E-state index >= 15 is 0 Å². The van der Waals surface area contributed by atoms with Gasteiger partial charge in [0, 0.05) is 26.5 Å². The van der Waals surface area contributed by atoms with E-state index in [1.807, 2.05) is 12.1 Å². The van der Waals surface area contributed by atoms with E-state index in [-0.39, 0.29) is 4.90 Å². The summed E-state index contributed by atoms with van der Waals surface area (Å²) in [6.45, 7) is 2.37. The summed E-state index contributed by atoms with van der Waals surface area (Å²) in [6.07, 6.45) is 0.959. The molecule has 0 atom stereocenters. The van der Waals surface area contributed by atoms with Gasteiger partial charge in [0.1, 0.15) is 0 Å². The van der Waals surface area contributed by atoms with E-state index in [0.717, 1.165) is 11.3 Å². The minimum absolute atomic E-state index is 0.193. The molecular formula is C13H15BrN2O2S2. The summed E-state index contributed by atoms with van der Waals surface area (Å²) in [5.41, 5.74) is 6.13. The third-order valence-corrected chi connectivity index (χ3v) is 6.36. The second-order valence-electron chi connectivity index (χ2n) is 4.24. The third kappa shape index (κ3) is 3.60. The summed E-state index contributed by atoms with van der Waals surface area (Å²) in [5, 5.41) is 0. The molecule has 4 nitrogen and oxygen atoms in total. The van der Waals surface area contributed by atoms with Crippen molar-refractivity contribution in [2.24, 2.45) is 0 Å². The van der Waals surface area contributed by atoms with E-state index in [0.29, 0.717) is 16.7 Å². The zero-order chi connectivity index (χ0) is 14.8. The Bertz CT molecular complexity index is 711. The first-order valence-corrected chi connectivity index (χ1v) is 9.14. The van der Waals surface area contributed by atoms with E-state index in [9.17, 15) is 8.42 Å². The molecule has 0 aliphatic rings. The van der Waals surface area contributed by atoms with Crippen LogP contribution in [0, 0.1) is 0 Å². The van der Waals surface area contributed by atoms with Gasteiger partial charge < -0.3 is 5.73 Å². The fourth-order valence-electron chi connectivity index (χ4n) is 1.69. The number of aryl methyl sites for hydroxylation is 1. The summed E-state index contributed by atoms with van der Waals surface area (Å²) in [4.78, 5) is 2.43. The Balaban J connectivity index is 2.14. The summed E-state index contributed by atoms with van der Waals surface area (Å²) < 4.78 is 27.5. The van der Waals surface area contributed by atoms with Crippen molar-refractivity contribution in [3.63, 3.8) is 0 Å². The number of nitrogens with one attached hydrogen (secondary N) is 1. The van der Waals surface area contributed by atoms with Crippen LogP contribution in [0.15, 0.2) is 39.7 Å². The molecule has 20 heavy (non-hydrogen) atoms. The van der Waals surface area contributed by atoms with Gasteiger partial charge >= 0.3 is 0 Å². The number of thiophene rings is 1. The molecule has 0 spiro atoms. The predicted octanol–water partition coefficient (Wildman–Crippen LogP) is 3.13. The number of nitrogen functional groups attached to an aromatic ring is 1. The number of hydrogen-bond acceptors (Lipinski definition) is 4. The fraction of sp³-hybridized carbons (Fsp3) is 0.231. The van der Waals surface area contributed by atoms with Crippen molar-refractivity contribution in [3.05, 3.63) is 44.6 Å². The van der Waals surface area contributed by atoms with E-state index < -0.39 is 10.0 Å². The number of halogens is 1. The van der Waals surface area contributed by atoms with Crippen molar-refractivity contribution < 1.29 is 8.42 Å². The van der Waals surface area contributed by atoms with Crippen LogP contribution in [0.5, 0.6) is 0 Å². The topological polar surface area (TPSA) is 72.2 Å². The van der Waals surface area contributed by atoms with Crippen LogP contribution < -0.4 is 10.5 Å². The van der Waals surface area contributed by atoms with Gasteiger partial charge in [-0.05, 0) is 52.7 Å². The van der Waals surface area contributed by atoms with Crippen molar-refractivity contribution in [3.8, 4) is 0 Å². The molecule has 1 aromatic carbocycles. The minimum atomic E-state index is -3.55. The van der Waals surface area contributed by atoms with Crippen molar-refractivity contribution in [1.82, 2.24) is 4.72 Å². The van der Waals surface area contributed by atoms with Crippen molar-refractivity contribution in [2.45, 2.75) is 24.8 Å². The molecule has 0 aliphatic carbocycles. The standard InChI is InChI=1S/C13H15BrN2O2S2/c1-2-10-4-5-11(19-10)8-16-20(17,18)13-6-3-9(15)7-12(13)14/h3-7,16H,2,8,15H2,1H3. The summed E-state index contributed by atoms with van der Waals surface area (Å²) in [6, 6.07) is 8.61. The van der Waals surface area contributed by atoms with Crippen LogP contribution in [0.2, 0.25) is 0 Å². The Kier molecular flexibility index (Phi) is 4.85. The molecule has 0 fully saturated rings. The zero-order valence-electron chi connectivity index (χ0n) is 10.9. The Morgan fingerprint density at radius 2 is 1.95 bits per heavy atom. The normalized spacial score (nSPS) is 11.7. The van der Waals surface area contributed by atoms with E-state index in [1.165, 1.54) is 10.9 Å². The van der Waals surface area contributed by atoms with Gasteiger partial charge in [0.15, 0.2) is 0 Å². The van der Waals surface area contributed by atoms with Gasteiger partial charge in [0.05, 0.1) is 4.90 Å². The van der Waals surface area contributed by atoms with Gasteiger partial charge in [0.25, 0.3) is 0 Å². The second-order valence-corrected chi connectivity index (χ2v) is 8.08. The SMILES string of the molecule is CCc1ccc(CNS(=O)(=O)c2ccc(N)cc2Br)s1. The number of benzene rings is 1. The van der Waals surface area contributed by atoms with Gasteiger partial charge in [-0.1, -0.05) is 6.92 Å². The molecule has 1 heterocycles. The van der Waals surface area contributed by atoms with Gasteiger partial charge in [-0.15, -0.1) is 11.3 Å². The molecule has 0 bridgehead atoms. The van der Waals surface area contributed by atoms with Gasteiger partial charge in [-0.2, -0.15) is 0 Å². The number of rotatable bonds is 5. The van der Waals surface area contributed by atoms with Crippen molar-refractivity contribution in [1.29, 1.82) is 0 Å². The molecule has 1 aromatic heterocycles. The highest BCUT2D eigenvalue weighted by Gasteiger charge is 2.17. The fourth-order valence-corrected chi connectivity index (χ4v) is 4.77. The first kappa shape index (κ1) is 15.5. The average Bonchev–Trinajstić information content (AvgIpc) is 2.84. The number of hydrogen-bond donors (Lipinski definition) is 2. The van der Waals surface area contributed by atoms with E-state index in [1.54, 1.807) is 23.5 Å². The Morgan fingerprint density at radius 3 is 2.55 bits per heavy atom. The van der Waals surface area contributed by atoms with Crippen LogP contribution >= 0.6 is 27.3 Å². The Morgan fingerprint density at radius 1 is 1.25 bits per heavy atom. The second kappa shape index (κ2) is 6.26. The molecule has 0 saturated carbocycles. The number of sulfonamides is 1. The lowest BCUT2D eigenvalue weighted by molar-refractivity contribution is 0.581. The molecule has 0 amide bonds. The van der Waals surface area contributed by atoms with Crippen molar-refractivity contribution >= 4 is 43.0 Å². The molecule has 7 heteroatoms. The van der Waals surface area contributed by atoms with Crippen LogP contribution in [-0.2, 0) is 23.0 Å². The Hall–Kier alpha value is -0.890. The average molecular weight is 375 g/mol. The smallest absolute Gasteiger partial charge is 0.242 e. The Labute approximate surface area is 131 Å². The van der Waals surface area contributed by atoms with Crippen LogP contribution in [0.3, 0.4) is 0 Å². The highest BCUT2D eigenvalue weighted by Crippen LogP contribution is 2.24. The maximum Gasteiger partial charge on any atom is 0.242 e. The predicted molar refractivity (Wildman–Crippen MR) is 86.3 cm³/mol. The summed E-state index contributed by atoms with van der Waals surface area (Å²) >= 11 is 4.84. The summed E-state index contributed by atoms with van der Waals surface area (Å²) in [5.74, 6) is 0. The highest BCUT2D eigenvalue weighted by atomic mass is 79.9. The molecule has 0 saturated heterocycles. The highest BCUT2D eigenvalue weighted by molar-refractivity contribution is 9.10. The third-order valence-electron chi connectivity index (χ3n) is 2.75. The minimum Gasteiger partial charge on any atom is -0.399 e. The van der Waals surface area contributed by atoms with Crippen LogP contribution in [0.25, 0.3) is 0 Å². The van der Waals surface area contributed by atoms with Gasteiger partial charge in [-0.3, -0.25) is 0 Å².